The summed E-state index contributed by atoms with van der Waals surface area (Å²) in [5, 5.41) is 0.860. The van der Waals surface area contributed by atoms with Gasteiger partial charge in [0.2, 0.25) is 0 Å². The Kier molecular flexibility index (Phi) is 5.11. The zero-order chi connectivity index (χ0) is 17.9. The van der Waals surface area contributed by atoms with E-state index in [-0.39, 0.29) is 18.2 Å². The third-order valence-corrected chi connectivity index (χ3v) is 5.91. The summed E-state index contributed by atoms with van der Waals surface area (Å²) in [6.07, 6.45) is 5.05. The summed E-state index contributed by atoms with van der Waals surface area (Å²) >= 11 is 3.53. The van der Waals surface area contributed by atoms with E-state index < -0.39 is 0 Å². The van der Waals surface area contributed by atoms with Gasteiger partial charge in [-0.15, -0.1) is 0 Å². The molecule has 2 aromatic carbocycles. The molecule has 2 bridgehead atoms. The molecule has 1 amide bonds. The fraction of sp³-hybridized carbons (Fsp3) is 0.318. The normalized spacial score (nSPS) is 21.4. The highest BCUT2D eigenvalue weighted by molar-refractivity contribution is 9.08. The molecule has 0 aromatic heterocycles. The molecule has 2 aliphatic rings. The minimum Gasteiger partial charge on any atom is -0.445 e. The second-order valence-electron chi connectivity index (χ2n) is 6.98. The van der Waals surface area contributed by atoms with E-state index in [9.17, 15) is 4.79 Å². The van der Waals surface area contributed by atoms with Gasteiger partial charge in [-0.05, 0) is 41.5 Å². The molecule has 1 fully saturated rings. The van der Waals surface area contributed by atoms with Crippen LogP contribution in [0.15, 0.2) is 60.7 Å². The van der Waals surface area contributed by atoms with Gasteiger partial charge in [0.05, 0.1) is 6.04 Å². The van der Waals surface area contributed by atoms with Crippen LogP contribution in [0.1, 0.15) is 36.0 Å². The van der Waals surface area contributed by atoms with Gasteiger partial charge in [0.15, 0.2) is 0 Å². The van der Waals surface area contributed by atoms with E-state index >= 15 is 0 Å². The van der Waals surface area contributed by atoms with Crippen molar-refractivity contribution in [2.24, 2.45) is 0 Å². The fourth-order valence-electron chi connectivity index (χ4n) is 3.98. The van der Waals surface area contributed by atoms with Crippen LogP contribution >= 0.6 is 15.9 Å². The summed E-state index contributed by atoms with van der Waals surface area (Å²) in [7, 11) is 0. The molecule has 26 heavy (non-hydrogen) atoms. The van der Waals surface area contributed by atoms with Crippen molar-refractivity contribution in [2.75, 3.05) is 0 Å². The predicted octanol–water partition coefficient (Wildman–Crippen LogP) is 5.54. The van der Waals surface area contributed by atoms with E-state index in [1.807, 2.05) is 35.2 Å². The van der Waals surface area contributed by atoms with Crippen LogP contribution in [0.3, 0.4) is 0 Å². The van der Waals surface area contributed by atoms with Crippen LogP contribution in [0.5, 0.6) is 0 Å². The zero-order valence-corrected chi connectivity index (χ0v) is 16.2. The van der Waals surface area contributed by atoms with Gasteiger partial charge in [0, 0.05) is 11.4 Å². The standard InChI is InChI=1S/C22H22BrNO2/c23-14-17-7-4-8-18(11-17)19-12-20-9-10-21(13-19)24(20)22(25)26-15-16-5-2-1-3-6-16/h1-8,11-12,20-21H,9-10,13-15H2. The van der Waals surface area contributed by atoms with Gasteiger partial charge in [0.1, 0.15) is 6.61 Å². The van der Waals surface area contributed by atoms with Crippen LogP contribution in [0.4, 0.5) is 4.79 Å². The SMILES string of the molecule is O=C(OCc1ccccc1)N1C2C=C(c3cccc(CBr)c3)CC1CC2. The Balaban J connectivity index is 1.47. The second-order valence-corrected chi connectivity index (χ2v) is 7.54. The number of carbonyl (C=O) groups excluding carboxylic acids is 1. The Labute approximate surface area is 162 Å². The molecule has 1 saturated heterocycles. The van der Waals surface area contributed by atoms with Crippen molar-refractivity contribution >= 4 is 27.6 Å². The Hall–Kier alpha value is -2.07. The number of carbonyl (C=O) groups is 1. The highest BCUT2D eigenvalue weighted by atomic mass is 79.9. The number of amides is 1. The Morgan fingerprint density at radius 1 is 1.08 bits per heavy atom. The minimum atomic E-state index is -0.189. The highest BCUT2D eigenvalue weighted by Gasteiger charge is 2.40. The Morgan fingerprint density at radius 2 is 1.88 bits per heavy atom. The molecule has 2 aliphatic heterocycles. The van der Waals surface area contributed by atoms with Crippen molar-refractivity contribution in [1.82, 2.24) is 4.90 Å². The first-order valence-corrected chi connectivity index (χ1v) is 10.2. The topological polar surface area (TPSA) is 29.5 Å². The van der Waals surface area contributed by atoms with Gasteiger partial charge >= 0.3 is 6.09 Å². The van der Waals surface area contributed by atoms with E-state index in [1.165, 1.54) is 16.7 Å². The van der Waals surface area contributed by atoms with E-state index in [4.69, 9.17) is 4.74 Å². The van der Waals surface area contributed by atoms with Gasteiger partial charge in [-0.25, -0.2) is 4.79 Å². The van der Waals surface area contributed by atoms with Crippen molar-refractivity contribution < 1.29 is 9.53 Å². The van der Waals surface area contributed by atoms with E-state index in [0.29, 0.717) is 6.61 Å². The maximum Gasteiger partial charge on any atom is 0.410 e. The molecule has 2 aromatic rings. The molecule has 3 nitrogen and oxygen atoms in total. The Morgan fingerprint density at radius 3 is 2.65 bits per heavy atom. The molecule has 4 heteroatoms. The number of benzene rings is 2. The summed E-state index contributed by atoms with van der Waals surface area (Å²) in [5.41, 5.74) is 4.93. The lowest BCUT2D eigenvalue weighted by Gasteiger charge is -2.33. The molecule has 2 heterocycles. The van der Waals surface area contributed by atoms with Crippen LogP contribution in [0.2, 0.25) is 0 Å². The van der Waals surface area contributed by atoms with Gasteiger partial charge in [0.25, 0.3) is 0 Å². The Bertz CT molecular complexity index is 818. The largest absolute Gasteiger partial charge is 0.445 e. The molecule has 0 radical (unpaired) electrons. The number of rotatable bonds is 4. The average Bonchev–Trinajstić information content (AvgIpc) is 2.96. The molecule has 2 atom stereocenters. The average molecular weight is 412 g/mol. The van der Waals surface area contributed by atoms with Crippen LogP contribution < -0.4 is 0 Å². The lowest BCUT2D eigenvalue weighted by Crippen LogP contribution is -2.43. The summed E-state index contributed by atoms with van der Waals surface area (Å²) in [6.45, 7) is 0.333. The zero-order valence-electron chi connectivity index (χ0n) is 14.6. The first-order chi connectivity index (χ1) is 12.7. The molecular formula is C22H22BrNO2. The predicted molar refractivity (Wildman–Crippen MR) is 107 cm³/mol. The number of alkyl halides is 1. The van der Waals surface area contributed by atoms with Gasteiger partial charge < -0.3 is 4.74 Å². The van der Waals surface area contributed by atoms with E-state index in [0.717, 1.165) is 30.2 Å². The molecular weight excluding hydrogens is 390 g/mol. The second kappa shape index (κ2) is 7.67. The molecule has 0 saturated carbocycles. The number of fused-ring (bicyclic) bond motifs is 2. The fourth-order valence-corrected chi connectivity index (χ4v) is 4.33. The lowest BCUT2D eigenvalue weighted by atomic mass is 9.94. The lowest BCUT2D eigenvalue weighted by molar-refractivity contribution is 0.0832. The van der Waals surface area contributed by atoms with Crippen molar-refractivity contribution in [2.45, 2.75) is 43.3 Å². The van der Waals surface area contributed by atoms with Gasteiger partial charge in [-0.2, -0.15) is 0 Å². The number of hydrogen-bond acceptors (Lipinski definition) is 2. The van der Waals surface area contributed by atoms with Crippen molar-refractivity contribution in [3.8, 4) is 0 Å². The van der Waals surface area contributed by atoms with Crippen LogP contribution in [-0.2, 0) is 16.7 Å². The van der Waals surface area contributed by atoms with Crippen molar-refractivity contribution in [3.05, 3.63) is 77.4 Å². The summed E-state index contributed by atoms with van der Waals surface area (Å²) in [4.78, 5) is 14.6. The molecule has 0 N–H and O–H groups in total. The smallest absolute Gasteiger partial charge is 0.410 e. The maximum absolute atomic E-state index is 12.6. The maximum atomic E-state index is 12.6. The minimum absolute atomic E-state index is 0.152. The first kappa shape index (κ1) is 17.3. The molecule has 0 aliphatic carbocycles. The van der Waals surface area contributed by atoms with Crippen molar-refractivity contribution in [3.63, 3.8) is 0 Å². The first-order valence-electron chi connectivity index (χ1n) is 9.09. The van der Waals surface area contributed by atoms with Gasteiger partial charge in [-0.1, -0.05) is 76.6 Å². The quantitative estimate of drug-likeness (QED) is 0.618. The third kappa shape index (κ3) is 3.56. The van der Waals surface area contributed by atoms with Crippen molar-refractivity contribution in [1.29, 1.82) is 0 Å². The molecule has 0 spiro atoms. The summed E-state index contributed by atoms with van der Waals surface area (Å²) in [5.74, 6) is 0. The number of ether oxygens (including phenoxy) is 1. The number of nitrogens with zero attached hydrogens (tertiary/aromatic N) is 1. The van der Waals surface area contributed by atoms with Crippen LogP contribution in [0, 0.1) is 0 Å². The summed E-state index contributed by atoms with van der Waals surface area (Å²) < 4.78 is 5.58. The molecule has 2 unspecified atom stereocenters. The van der Waals surface area contributed by atoms with Crippen LogP contribution in [0.25, 0.3) is 5.57 Å². The number of halogens is 1. The van der Waals surface area contributed by atoms with Crippen LogP contribution in [-0.4, -0.2) is 23.1 Å². The molecule has 4 rings (SSSR count). The highest BCUT2D eigenvalue weighted by Crippen LogP contribution is 2.39. The number of hydrogen-bond donors (Lipinski definition) is 0. The van der Waals surface area contributed by atoms with Gasteiger partial charge in [-0.3, -0.25) is 4.90 Å². The summed E-state index contributed by atoms with van der Waals surface area (Å²) in [6, 6.07) is 18.9. The molecule has 134 valence electrons. The third-order valence-electron chi connectivity index (χ3n) is 5.26. The monoisotopic (exact) mass is 411 g/mol. The van der Waals surface area contributed by atoms with E-state index in [2.05, 4.69) is 46.3 Å². The van der Waals surface area contributed by atoms with E-state index in [1.54, 1.807) is 0 Å².